The lowest BCUT2D eigenvalue weighted by atomic mass is 10.1. The second-order valence-corrected chi connectivity index (χ2v) is 9.83. The Kier molecular flexibility index (Phi) is 7.12. The fourth-order valence-corrected chi connectivity index (χ4v) is 5.21. The average Bonchev–Trinajstić information content (AvgIpc) is 3.06. The first kappa shape index (κ1) is 22.8. The Morgan fingerprint density at radius 3 is 2.66 bits per heavy atom. The van der Waals surface area contributed by atoms with E-state index in [9.17, 15) is 4.79 Å². The van der Waals surface area contributed by atoms with Gasteiger partial charge in [0.2, 0.25) is 0 Å². The van der Waals surface area contributed by atoms with E-state index < -0.39 is 0 Å². The van der Waals surface area contributed by atoms with Gasteiger partial charge in [0, 0.05) is 6.20 Å². The number of rotatable bonds is 6. The van der Waals surface area contributed by atoms with E-state index in [1.54, 1.807) is 18.2 Å². The number of thioether (sulfide) groups is 1. The fourth-order valence-electron chi connectivity index (χ4n) is 3.13. The first-order valence-corrected chi connectivity index (χ1v) is 12.0. The molecule has 0 atom stereocenters. The van der Waals surface area contributed by atoms with Crippen LogP contribution in [0.2, 0.25) is 0 Å². The Hall–Kier alpha value is -2.43. The highest BCUT2D eigenvalue weighted by Gasteiger charge is 2.33. The SMILES string of the molecule is COc1cc(/C=C2/SC(=S)N(c3ccc(C)cc3)C2=O)cc(I)c1OCc1ccccn1. The minimum absolute atomic E-state index is 0.131. The molecular weight excluding hydrogens is 555 g/mol. The van der Waals surface area contributed by atoms with Gasteiger partial charge >= 0.3 is 0 Å². The van der Waals surface area contributed by atoms with Gasteiger partial charge in [0.15, 0.2) is 15.8 Å². The molecular formula is C24H19IN2O3S2. The number of carbonyl (C=O) groups excluding carboxylic acids is 1. The predicted octanol–water partition coefficient (Wildman–Crippen LogP) is 5.99. The monoisotopic (exact) mass is 574 g/mol. The van der Waals surface area contributed by atoms with Crippen molar-refractivity contribution in [2.45, 2.75) is 13.5 Å². The molecule has 0 radical (unpaired) electrons. The lowest BCUT2D eigenvalue weighted by Gasteiger charge is -2.14. The Bertz CT molecular complexity index is 1200. The van der Waals surface area contributed by atoms with Crippen molar-refractivity contribution in [3.05, 3.63) is 86.1 Å². The standard InChI is InChI=1S/C24H19IN2O3S2/c1-15-6-8-18(9-7-15)27-23(28)21(32-24(27)31)13-16-11-19(25)22(20(12-16)29-2)30-14-17-5-3-4-10-26-17/h3-13H,14H2,1-2H3/b21-13+. The third-order valence-electron chi connectivity index (χ3n) is 4.73. The maximum absolute atomic E-state index is 13.1. The summed E-state index contributed by atoms with van der Waals surface area (Å²) in [5.41, 5.74) is 3.56. The summed E-state index contributed by atoms with van der Waals surface area (Å²) in [5.74, 6) is 1.10. The summed E-state index contributed by atoms with van der Waals surface area (Å²) in [7, 11) is 1.60. The molecule has 1 aliphatic heterocycles. The molecule has 0 aliphatic carbocycles. The van der Waals surface area contributed by atoms with Gasteiger partial charge in [-0.2, -0.15) is 0 Å². The van der Waals surface area contributed by atoms with Crippen molar-refractivity contribution in [2.75, 3.05) is 12.0 Å². The number of hydrogen-bond donors (Lipinski definition) is 0. The summed E-state index contributed by atoms with van der Waals surface area (Å²) < 4.78 is 12.9. The van der Waals surface area contributed by atoms with Crippen LogP contribution in [0.4, 0.5) is 5.69 Å². The molecule has 4 rings (SSSR count). The highest BCUT2D eigenvalue weighted by atomic mass is 127. The molecule has 0 bridgehead atoms. The first-order valence-electron chi connectivity index (χ1n) is 9.71. The minimum atomic E-state index is -0.131. The second-order valence-electron chi connectivity index (χ2n) is 7.00. The van der Waals surface area contributed by atoms with Gasteiger partial charge < -0.3 is 9.47 Å². The van der Waals surface area contributed by atoms with E-state index in [0.717, 1.165) is 26.1 Å². The molecule has 0 unspecified atom stereocenters. The zero-order valence-corrected chi connectivity index (χ0v) is 21.2. The predicted molar refractivity (Wildman–Crippen MR) is 141 cm³/mol. The van der Waals surface area contributed by atoms with E-state index in [0.29, 0.717) is 27.3 Å². The Morgan fingerprint density at radius 2 is 1.97 bits per heavy atom. The van der Waals surface area contributed by atoms with Crippen LogP contribution >= 0.6 is 46.6 Å². The van der Waals surface area contributed by atoms with E-state index in [-0.39, 0.29) is 5.91 Å². The molecule has 5 nitrogen and oxygen atoms in total. The fraction of sp³-hybridized carbons (Fsp3) is 0.125. The van der Waals surface area contributed by atoms with Crippen LogP contribution in [-0.2, 0) is 11.4 Å². The molecule has 1 fully saturated rings. The summed E-state index contributed by atoms with van der Waals surface area (Å²) in [5, 5.41) is 0. The van der Waals surface area contributed by atoms with Gasteiger partial charge in [0.05, 0.1) is 27.0 Å². The molecule has 2 heterocycles. The maximum atomic E-state index is 13.1. The number of methoxy groups -OCH3 is 1. The number of anilines is 1. The van der Waals surface area contributed by atoms with Crippen LogP contribution in [0.15, 0.2) is 65.7 Å². The van der Waals surface area contributed by atoms with Gasteiger partial charge in [-0.15, -0.1) is 0 Å². The zero-order valence-electron chi connectivity index (χ0n) is 17.4. The molecule has 162 valence electrons. The molecule has 0 saturated carbocycles. The number of halogens is 1. The van der Waals surface area contributed by atoms with E-state index in [4.69, 9.17) is 21.7 Å². The van der Waals surface area contributed by atoms with Crippen LogP contribution < -0.4 is 14.4 Å². The third-order valence-corrected chi connectivity index (χ3v) is 6.83. The van der Waals surface area contributed by atoms with Crippen molar-refractivity contribution in [2.24, 2.45) is 0 Å². The van der Waals surface area contributed by atoms with Crippen molar-refractivity contribution in [1.29, 1.82) is 0 Å². The van der Waals surface area contributed by atoms with Gasteiger partial charge in [-0.25, -0.2) is 0 Å². The van der Waals surface area contributed by atoms with Crippen molar-refractivity contribution in [3.8, 4) is 11.5 Å². The van der Waals surface area contributed by atoms with Crippen molar-refractivity contribution in [1.82, 2.24) is 4.98 Å². The number of carbonyl (C=O) groups is 1. The molecule has 1 aliphatic rings. The van der Waals surface area contributed by atoms with E-state index in [1.165, 1.54) is 11.8 Å². The molecule has 1 amide bonds. The largest absolute Gasteiger partial charge is 0.493 e. The molecule has 1 aromatic heterocycles. The van der Waals surface area contributed by atoms with E-state index in [1.807, 2.05) is 67.6 Å². The number of aromatic nitrogens is 1. The number of hydrogen-bond acceptors (Lipinski definition) is 6. The lowest BCUT2D eigenvalue weighted by molar-refractivity contribution is -0.113. The topological polar surface area (TPSA) is 51.7 Å². The Morgan fingerprint density at radius 1 is 1.19 bits per heavy atom. The van der Waals surface area contributed by atoms with Crippen molar-refractivity contribution in [3.63, 3.8) is 0 Å². The first-order chi connectivity index (χ1) is 15.5. The zero-order chi connectivity index (χ0) is 22.7. The quantitative estimate of drug-likeness (QED) is 0.205. The van der Waals surface area contributed by atoms with Crippen LogP contribution in [0.5, 0.6) is 11.5 Å². The van der Waals surface area contributed by atoms with Gasteiger partial charge in [-0.05, 0) is 77.6 Å². The number of amides is 1. The van der Waals surface area contributed by atoms with E-state index >= 15 is 0 Å². The minimum Gasteiger partial charge on any atom is -0.493 e. The van der Waals surface area contributed by atoms with Crippen LogP contribution in [0.25, 0.3) is 6.08 Å². The third kappa shape index (κ3) is 4.97. The molecule has 2 aromatic carbocycles. The number of aryl methyl sites for hydroxylation is 1. The van der Waals surface area contributed by atoms with Crippen LogP contribution in [0.3, 0.4) is 0 Å². The van der Waals surface area contributed by atoms with Crippen LogP contribution in [0, 0.1) is 10.5 Å². The maximum Gasteiger partial charge on any atom is 0.270 e. The summed E-state index contributed by atoms with van der Waals surface area (Å²) >= 11 is 8.98. The van der Waals surface area contributed by atoms with Crippen molar-refractivity contribution < 1.29 is 14.3 Å². The number of ether oxygens (including phenoxy) is 2. The molecule has 8 heteroatoms. The summed E-state index contributed by atoms with van der Waals surface area (Å²) in [6.45, 7) is 2.34. The van der Waals surface area contributed by atoms with Gasteiger partial charge in [0.1, 0.15) is 6.61 Å². The van der Waals surface area contributed by atoms with Crippen LogP contribution in [0.1, 0.15) is 16.8 Å². The smallest absolute Gasteiger partial charge is 0.270 e. The highest BCUT2D eigenvalue weighted by molar-refractivity contribution is 14.1. The number of nitrogens with zero attached hydrogens (tertiary/aromatic N) is 2. The number of thiocarbonyl (C=S) groups is 1. The molecule has 32 heavy (non-hydrogen) atoms. The molecule has 1 saturated heterocycles. The molecule has 0 spiro atoms. The number of pyridine rings is 1. The number of benzene rings is 2. The van der Waals surface area contributed by atoms with Crippen LogP contribution in [-0.4, -0.2) is 22.3 Å². The summed E-state index contributed by atoms with van der Waals surface area (Å²) in [4.78, 5) is 19.5. The Labute approximate surface area is 210 Å². The summed E-state index contributed by atoms with van der Waals surface area (Å²) in [6.07, 6.45) is 3.57. The van der Waals surface area contributed by atoms with E-state index in [2.05, 4.69) is 27.6 Å². The van der Waals surface area contributed by atoms with Gasteiger partial charge in [-0.3, -0.25) is 14.7 Å². The molecule has 3 aromatic rings. The molecule has 0 N–H and O–H groups in total. The average molecular weight is 574 g/mol. The lowest BCUT2D eigenvalue weighted by Crippen LogP contribution is -2.27. The Balaban J connectivity index is 1.58. The normalized spacial score (nSPS) is 14.8. The summed E-state index contributed by atoms with van der Waals surface area (Å²) in [6, 6.07) is 17.2. The van der Waals surface area contributed by atoms with Gasteiger partial charge in [0.25, 0.3) is 5.91 Å². The highest BCUT2D eigenvalue weighted by Crippen LogP contribution is 2.39. The van der Waals surface area contributed by atoms with Crippen molar-refractivity contribution >= 4 is 68.6 Å². The van der Waals surface area contributed by atoms with Gasteiger partial charge in [-0.1, -0.05) is 47.7 Å². The second kappa shape index (κ2) is 10.0.